The predicted molar refractivity (Wildman–Crippen MR) is 112 cm³/mol. The molecule has 0 bridgehead atoms. The predicted octanol–water partition coefficient (Wildman–Crippen LogP) is 3.28. The van der Waals surface area contributed by atoms with E-state index in [0.717, 1.165) is 5.56 Å². The number of ether oxygens (including phenoxy) is 2. The Morgan fingerprint density at radius 3 is 2.45 bits per heavy atom. The lowest BCUT2D eigenvalue weighted by molar-refractivity contribution is -0.140. The molecule has 0 saturated heterocycles. The molecule has 1 aliphatic heterocycles. The van der Waals surface area contributed by atoms with Crippen molar-refractivity contribution in [2.45, 2.75) is 19.8 Å². The number of hydrogen-bond acceptors (Lipinski definition) is 6. The van der Waals surface area contributed by atoms with Crippen LogP contribution in [0.5, 0.6) is 5.75 Å². The third-order valence-corrected chi connectivity index (χ3v) is 5.33. The number of para-hydroxylation sites is 1. The monoisotopic (exact) mass is 419 g/mol. The van der Waals surface area contributed by atoms with Crippen LogP contribution in [0.25, 0.3) is 5.70 Å². The number of dihydropyridines is 1. The summed E-state index contributed by atoms with van der Waals surface area (Å²) in [5, 5.41) is 12.3. The molecule has 158 valence electrons. The van der Waals surface area contributed by atoms with Crippen LogP contribution in [0.4, 0.5) is 0 Å². The van der Waals surface area contributed by atoms with Gasteiger partial charge in [-0.1, -0.05) is 42.5 Å². The number of ketones is 1. The van der Waals surface area contributed by atoms with E-state index in [-0.39, 0.29) is 12.4 Å². The van der Waals surface area contributed by atoms with Crippen molar-refractivity contribution in [3.63, 3.8) is 0 Å². The number of esters is 1. The van der Waals surface area contributed by atoms with Gasteiger partial charge in [-0.3, -0.25) is 4.79 Å². The molecule has 2 N–H and O–H groups in total. The molecular formula is C24H21NO6. The minimum atomic E-state index is -1.12. The smallest absolute Gasteiger partial charge is 0.341 e. The number of carboxylic acids is 1. The number of rotatable bonds is 6. The Bertz CT molecular complexity index is 1160. The molecule has 2 aromatic rings. The fourth-order valence-corrected chi connectivity index (χ4v) is 4.11. The summed E-state index contributed by atoms with van der Waals surface area (Å²) in [6.45, 7) is 3.11. The van der Waals surface area contributed by atoms with E-state index >= 15 is 0 Å². The summed E-state index contributed by atoms with van der Waals surface area (Å²) in [6.07, 6.45) is 0. The van der Waals surface area contributed by atoms with Gasteiger partial charge in [-0.05, 0) is 19.9 Å². The Labute approximate surface area is 179 Å². The maximum Gasteiger partial charge on any atom is 0.341 e. The molecule has 31 heavy (non-hydrogen) atoms. The van der Waals surface area contributed by atoms with E-state index < -0.39 is 24.5 Å². The minimum absolute atomic E-state index is 0.180. The molecule has 1 aliphatic carbocycles. The first-order valence-corrected chi connectivity index (χ1v) is 9.90. The minimum Gasteiger partial charge on any atom is -0.482 e. The second-order valence-electron chi connectivity index (χ2n) is 7.20. The maximum absolute atomic E-state index is 13.4. The highest BCUT2D eigenvalue weighted by Gasteiger charge is 2.43. The molecule has 2 aromatic carbocycles. The molecule has 0 aromatic heterocycles. The Kier molecular flexibility index (Phi) is 5.33. The van der Waals surface area contributed by atoms with Crippen LogP contribution in [0.3, 0.4) is 0 Å². The fourth-order valence-electron chi connectivity index (χ4n) is 4.11. The van der Waals surface area contributed by atoms with Crippen molar-refractivity contribution in [1.82, 2.24) is 5.32 Å². The van der Waals surface area contributed by atoms with Crippen molar-refractivity contribution in [2.75, 3.05) is 13.2 Å². The zero-order chi connectivity index (χ0) is 22.1. The molecule has 7 heteroatoms. The average Bonchev–Trinajstić information content (AvgIpc) is 3.03. The van der Waals surface area contributed by atoms with Gasteiger partial charge in [0, 0.05) is 28.0 Å². The van der Waals surface area contributed by atoms with Gasteiger partial charge >= 0.3 is 11.9 Å². The number of carbonyl (C=O) groups is 3. The molecule has 0 saturated carbocycles. The van der Waals surface area contributed by atoms with Crippen LogP contribution < -0.4 is 10.1 Å². The summed E-state index contributed by atoms with van der Waals surface area (Å²) >= 11 is 0. The van der Waals surface area contributed by atoms with Crippen molar-refractivity contribution in [3.8, 4) is 5.75 Å². The zero-order valence-electron chi connectivity index (χ0n) is 17.1. The first-order chi connectivity index (χ1) is 14.9. The number of nitrogens with one attached hydrogen (secondary N) is 1. The van der Waals surface area contributed by atoms with Gasteiger partial charge in [0.15, 0.2) is 12.4 Å². The van der Waals surface area contributed by atoms with Crippen LogP contribution in [-0.4, -0.2) is 36.0 Å². The quantitative estimate of drug-likeness (QED) is 0.693. The normalized spacial score (nSPS) is 17.1. The fraction of sp³-hybridized carbons (Fsp3) is 0.208. The van der Waals surface area contributed by atoms with Gasteiger partial charge in [-0.25, -0.2) is 9.59 Å². The number of Topliss-reactive ketones (excluding diaryl/α,β-unsaturated/α-hetero) is 1. The molecule has 1 heterocycles. The number of fused-ring (bicyclic) bond motifs is 2. The van der Waals surface area contributed by atoms with Gasteiger partial charge in [0.2, 0.25) is 0 Å². The van der Waals surface area contributed by atoms with E-state index in [0.29, 0.717) is 39.4 Å². The summed E-state index contributed by atoms with van der Waals surface area (Å²) in [6, 6.07) is 14.1. The van der Waals surface area contributed by atoms with Crippen LogP contribution in [-0.2, 0) is 14.3 Å². The topological polar surface area (TPSA) is 102 Å². The molecule has 0 spiro atoms. The van der Waals surface area contributed by atoms with Crippen LogP contribution in [0.2, 0.25) is 0 Å². The van der Waals surface area contributed by atoms with E-state index in [9.17, 15) is 14.4 Å². The molecule has 0 radical (unpaired) electrons. The summed E-state index contributed by atoms with van der Waals surface area (Å²) in [4.78, 5) is 37.4. The Morgan fingerprint density at radius 1 is 1.06 bits per heavy atom. The van der Waals surface area contributed by atoms with Crippen LogP contribution >= 0.6 is 0 Å². The van der Waals surface area contributed by atoms with Crippen molar-refractivity contribution < 1.29 is 29.0 Å². The van der Waals surface area contributed by atoms with Gasteiger partial charge < -0.3 is 19.9 Å². The third-order valence-electron chi connectivity index (χ3n) is 5.33. The third kappa shape index (κ3) is 3.48. The lowest BCUT2D eigenvalue weighted by Crippen LogP contribution is -2.29. The molecule has 4 rings (SSSR count). The first-order valence-electron chi connectivity index (χ1n) is 9.90. The van der Waals surface area contributed by atoms with Crippen molar-refractivity contribution in [3.05, 3.63) is 82.1 Å². The molecule has 7 nitrogen and oxygen atoms in total. The van der Waals surface area contributed by atoms with Gasteiger partial charge in [-0.15, -0.1) is 0 Å². The van der Waals surface area contributed by atoms with Crippen molar-refractivity contribution >= 4 is 23.4 Å². The van der Waals surface area contributed by atoms with Crippen LogP contribution in [0.1, 0.15) is 41.3 Å². The highest BCUT2D eigenvalue weighted by atomic mass is 16.5. The van der Waals surface area contributed by atoms with Gasteiger partial charge in [0.1, 0.15) is 5.75 Å². The number of allylic oxidation sites excluding steroid dienone is 2. The lowest BCUT2D eigenvalue weighted by Gasteiger charge is -2.30. The van der Waals surface area contributed by atoms with Crippen molar-refractivity contribution in [1.29, 1.82) is 0 Å². The summed E-state index contributed by atoms with van der Waals surface area (Å²) < 4.78 is 10.8. The number of aliphatic carboxylic acids is 1. The van der Waals surface area contributed by atoms with Gasteiger partial charge in [0.25, 0.3) is 0 Å². The Morgan fingerprint density at radius 2 is 1.74 bits per heavy atom. The van der Waals surface area contributed by atoms with Gasteiger partial charge in [0.05, 0.1) is 23.8 Å². The summed E-state index contributed by atoms with van der Waals surface area (Å²) in [5.74, 6) is -2.32. The second kappa shape index (κ2) is 8.10. The largest absolute Gasteiger partial charge is 0.482 e. The standard InChI is InChI=1S/C24H21NO6/c1-3-30-24(29)19-13(2)25-22-14-8-4-5-9-15(14)23(28)21(22)20(19)16-10-6-7-11-17(16)31-12-18(26)27/h4-11,20,25H,3,12H2,1-2H3,(H,26,27). The number of hydrogen-bond donors (Lipinski definition) is 2. The van der Waals surface area contributed by atoms with Crippen LogP contribution in [0, 0.1) is 0 Å². The Balaban J connectivity index is 1.91. The maximum atomic E-state index is 13.4. The lowest BCUT2D eigenvalue weighted by atomic mass is 9.79. The molecule has 0 fully saturated rings. The molecule has 2 aliphatic rings. The van der Waals surface area contributed by atoms with Crippen LogP contribution in [0.15, 0.2) is 65.4 Å². The molecule has 0 amide bonds. The van der Waals surface area contributed by atoms with Crippen molar-refractivity contribution in [2.24, 2.45) is 0 Å². The Hall–Kier alpha value is -3.87. The molecule has 1 atom stereocenters. The molecular weight excluding hydrogens is 398 g/mol. The summed E-state index contributed by atoms with van der Waals surface area (Å²) in [5.41, 5.74) is 3.77. The van der Waals surface area contributed by atoms with Gasteiger partial charge in [-0.2, -0.15) is 0 Å². The first kappa shape index (κ1) is 20.4. The zero-order valence-corrected chi connectivity index (χ0v) is 17.1. The second-order valence-corrected chi connectivity index (χ2v) is 7.20. The SMILES string of the molecule is CCOC(=O)C1=C(C)NC2=C(C(=O)c3ccccc32)C1c1ccccc1OCC(=O)O. The molecule has 1 unspecified atom stereocenters. The van der Waals surface area contributed by atoms with E-state index in [4.69, 9.17) is 14.6 Å². The number of benzene rings is 2. The average molecular weight is 419 g/mol. The highest BCUT2D eigenvalue weighted by Crippen LogP contribution is 2.48. The number of carbonyl (C=O) groups excluding carboxylic acids is 2. The van der Waals surface area contributed by atoms with E-state index in [2.05, 4.69) is 5.32 Å². The van der Waals surface area contributed by atoms with E-state index in [1.807, 2.05) is 12.1 Å². The number of carboxylic acid groups (broad SMARTS) is 1. The summed E-state index contributed by atoms with van der Waals surface area (Å²) in [7, 11) is 0. The highest BCUT2D eigenvalue weighted by molar-refractivity contribution is 6.23. The van der Waals surface area contributed by atoms with E-state index in [1.165, 1.54) is 0 Å². The van der Waals surface area contributed by atoms with E-state index in [1.54, 1.807) is 50.2 Å².